The summed E-state index contributed by atoms with van der Waals surface area (Å²) in [7, 11) is -1.20. The Kier molecular flexibility index (Phi) is 3.88. The van der Waals surface area contributed by atoms with Gasteiger partial charge in [-0.05, 0) is 17.7 Å². The van der Waals surface area contributed by atoms with E-state index in [9.17, 15) is 9.00 Å². The van der Waals surface area contributed by atoms with Crippen LogP contribution in [0.4, 0.5) is 0 Å². The van der Waals surface area contributed by atoms with Crippen molar-refractivity contribution in [3.05, 3.63) is 60.1 Å². The van der Waals surface area contributed by atoms with Crippen LogP contribution in [0.2, 0.25) is 0 Å². The Morgan fingerprint density at radius 2 is 1.88 bits per heavy atom. The summed E-state index contributed by atoms with van der Waals surface area (Å²) in [5, 5.41) is 0. The molecule has 1 atom stereocenters. The van der Waals surface area contributed by atoms with Gasteiger partial charge < -0.3 is 4.42 Å². The molecular formula is C13H12O3S. The molecule has 1 unspecified atom stereocenters. The lowest BCUT2D eigenvalue weighted by molar-refractivity contribution is 0.0991. The van der Waals surface area contributed by atoms with Crippen LogP contribution < -0.4 is 0 Å². The van der Waals surface area contributed by atoms with Gasteiger partial charge in [-0.3, -0.25) is 9.00 Å². The second-order valence-electron chi connectivity index (χ2n) is 3.61. The summed E-state index contributed by atoms with van der Waals surface area (Å²) in [5.41, 5.74) is 0.970. The Bertz CT molecular complexity index is 503. The van der Waals surface area contributed by atoms with Gasteiger partial charge >= 0.3 is 0 Å². The molecule has 0 saturated carbocycles. The van der Waals surface area contributed by atoms with Crippen molar-refractivity contribution in [2.24, 2.45) is 0 Å². The molecule has 4 heteroatoms. The quantitative estimate of drug-likeness (QED) is 0.763. The van der Waals surface area contributed by atoms with E-state index in [-0.39, 0.29) is 17.3 Å². The van der Waals surface area contributed by atoms with Gasteiger partial charge in [-0.15, -0.1) is 0 Å². The maximum Gasteiger partial charge on any atom is 0.210 e. The summed E-state index contributed by atoms with van der Waals surface area (Å²) in [5.74, 6) is 0.450. The monoisotopic (exact) mass is 248 g/mol. The van der Waals surface area contributed by atoms with Crippen molar-refractivity contribution >= 4 is 16.6 Å². The summed E-state index contributed by atoms with van der Waals surface area (Å²) in [6.07, 6.45) is 1.44. The highest BCUT2D eigenvalue weighted by molar-refractivity contribution is 7.85. The van der Waals surface area contributed by atoms with Crippen LogP contribution in [0.25, 0.3) is 0 Å². The highest BCUT2D eigenvalue weighted by Gasteiger charge is 2.13. The molecule has 1 aromatic heterocycles. The van der Waals surface area contributed by atoms with Crippen molar-refractivity contribution in [2.45, 2.75) is 5.75 Å². The van der Waals surface area contributed by atoms with E-state index < -0.39 is 10.8 Å². The van der Waals surface area contributed by atoms with E-state index in [1.807, 2.05) is 30.3 Å². The lowest BCUT2D eigenvalue weighted by Crippen LogP contribution is -2.11. The first-order chi connectivity index (χ1) is 8.25. The molecule has 0 amide bonds. The average Bonchev–Trinajstić information content (AvgIpc) is 2.83. The Labute approximate surface area is 102 Å². The Morgan fingerprint density at radius 3 is 2.53 bits per heavy atom. The minimum atomic E-state index is -1.20. The van der Waals surface area contributed by atoms with Gasteiger partial charge in [0.1, 0.15) is 0 Å². The first-order valence-electron chi connectivity index (χ1n) is 5.21. The van der Waals surface area contributed by atoms with Crippen LogP contribution in [0.5, 0.6) is 0 Å². The van der Waals surface area contributed by atoms with Crippen molar-refractivity contribution < 1.29 is 13.4 Å². The first kappa shape index (κ1) is 11.8. The van der Waals surface area contributed by atoms with Gasteiger partial charge in [0.05, 0.1) is 12.0 Å². The number of carbonyl (C=O) groups is 1. The third-order valence-corrected chi connectivity index (χ3v) is 3.50. The molecule has 1 aromatic carbocycles. The fourth-order valence-electron chi connectivity index (χ4n) is 1.47. The first-order valence-corrected chi connectivity index (χ1v) is 6.70. The number of benzene rings is 1. The number of furan rings is 1. The van der Waals surface area contributed by atoms with E-state index in [0.29, 0.717) is 5.75 Å². The maximum absolute atomic E-state index is 11.8. The van der Waals surface area contributed by atoms with Crippen LogP contribution in [0, 0.1) is 0 Å². The standard InChI is InChI=1S/C13H12O3S/c14-12(13-7-4-8-16-13)10-17(15)9-11-5-2-1-3-6-11/h1-8H,9-10H2. The third-order valence-electron chi connectivity index (χ3n) is 2.26. The molecule has 0 N–H and O–H groups in total. The van der Waals surface area contributed by atoms with Crippen molar-refractivity contribution in [3.8, 4) is 0 Å². The molecule has 1 heterocycles. The molecule has 88 valence electrons. The maximum atomic E-state index is 11.8. The largest absolute Gasteiger partial charge is 0.461 e. The van der Waals surface area contributed by atoms with Crippen LogP contribution >= 0.6 is 0 Å². The molecule has 17 heavy (non-hydrogen) atoms. The predicted molar refractivity (Wildman–Crippen MR) is 66.2 cm³/mol. The van der Waals surface area contributed by atoms with Gasteiger partial charge in [0.25, 0.3) is 0 Å². The van der Waals surface area contributed by atoms with Crippen molar-refractivity contribution in [1.29, 1.82) is 0 Å². The number of ketones is 1. The molecule has 0 aliphatic carbocycles. The third kappa shape index (κ3) is 3.39. The fourth-order valence-corrected chi connectivity index (χ4v) is 2.57. The molecule has 0 bridgehead atoms. The van der Waals surface area contributed by atoms with E-state index in [2.05, 4.69) is 0 Å². The zero-order valence-electron chi connectivity index (χ0n) is 9.17. The predicted octanol–water partition coefficient (Wildman–Crippen LogP) is 2.41. The fraction of sp³-hybridized carbons (Fsp3) is 0.154. The molecule has 0 radical (unpaired) electrons. The summed E-state index contributed by atoms with van der Waals surface area (Å²) in [6, 6.07) is 12.7. The Hall–Kier alpha value is -1.68. The SMILES string of the molecule is O=C(CS(=O)Cc1ccccc1)c1ccco1. The lowest BCUT2D eigenvalue weighted by Gasteiger charge is -2.00. The van der Waals surface area contributed by atoms with Crippen LogP contribution in [-0.2, 0) is 16.6 Å². The highest BCUT2D eigenvalue weighted by Crippen LogP contribution is 2.06. The zero-order valence-corrected chi connectivity index (χ0v) is 9.98. The number of rotatable bonds is 5. The second kappa shape index (κ2) is 5.59. The van der Waals surface area contributed by atoms with Crippen LogP contribution in [-0.4, -0.2) is 15.7 Å². The number of hydrogen-bond acceptors (Lipinski definition) is 3. The van der Waals surface area contributed by atoms with Crippen molar-refractivity contribution in [1.82, 2.24) is 0 Å². The molecule has 2 rings (SSSR count). The van der Waals surface area contributed by atoms with E-state index in [1.165, 1.54) is 6.26 Å². The molecule has 0 saturated heterocycles. The molecule has 2 aromatic rings. The number of Topliss-reactive ketones (excluding diaryl/α,β-unsaturated/α-hetero) is 1. The molecule has 0 aliphatic rings. The van der Waals surface area contributed by atoms with E-state index in [1.54, 1.807) is 12.1 Å². The topological polar surface area (TPSA) is 47.3 Å². The minimum absolute atomic E-state index is 0.00239. The summed E-state index contributed by atoms with van der Waals surface area (Å²) in [6.45, 7) is 0. The molecule has 0 fully saturated rings. The summed E-state index contributed by atoms with van der Waals surface area (Å²) < 4.78 is 16.7. The van der Waals surface area contributed by atoms with Gasteiger partial charge in [-0.1, -0.05) is 30.3 Å². The molecule has 3 nitrogen and oxygen atoms in total. The normalized spacial score (nSPS) is 12.2. The Balaban J connectivity index is 1.92. The minimum Gasteiger partial charge on any atom is -0.461 e. The van der Waals surface area contributed by atoms with Gasteiger partial charge in [-0.2, -0.15) is 0 Å². The zero-order chi connectivity index (χ0) is 12.1. The highest BCUT2D eigenvalue weighted by atomic mass is 32.2. The molecule has 0 aliphatic heterocycles. The lowest BCUT2D eigenvalue weighted by atomic mass is 10.2. The Morgan fingerprint density at radius 1 is 1.12 bits per heavy atom. The van der Waals surface area contributed by atoms with Gasteiger partial charge in [0.2, 0.25) is 5.78 Å². The van der Waals surface area contributed by atoms with E-state index in [4.69, 9.17) is 4.42 Å². The van der Waals surface area contributed by atoms with Gasteiger partial charge in [0.15, 0.2) is 5.76 Å². The summed E-state index contributed by atoms with van der Waals surface area (Å²) >= 11 is 0. The van der Waals surface area contributed by atoms with Gasteiger partial charge in [0, 0.05) is 16.6 Å². The molecule has 0 spiro atoms. The van der Waals surface area contributed by atoms with Crippen LogP contribution in [0.1, 0.15) is 16.1 Å². The van der Waals surface area contributed by atoms with Crippen molar-refractivity contribution in [2.75, 3.05) is 5.75 Å². The van der Waals surface area contributed by atoms with Crippen LogP contribution in [0.3, 0.4) is 0 Å². The van der Waals surface area contributed by atoms with Crippen molar-refractivity contribution in [3.63, 3.8) is 0 Å². The number of carbonyl (C=O) groups excluding carboxylic acids is 1. The van der Waals surface area contributed by atoms with Crippen LogP contribution in [0.15, 0.2) is 53.1 Å². The summed E-state index contributed by atoms with van der Waals surface area (Å²) in [4.78, 5) is 11.6. The second-order valence-corrected chi connectivity index (χ2v) is 5.07. The average molecular weight is 248 g/mol. The number of hydrogen-bond donors (Lipinski definition) is 0. The van der Waals surface area contributed by atoms with E-state index >= 15 is 0 Å². The van der Waals surface area contributed by atoms with E-state index in [0.717, 1.165) is 5.56 Å². The van der Waals surface area contributed by atoms with Gasteiger partial charge in [-0.25, -0.2) is 0 Å². The molecular weight excluding hydrogens is 236 g/mol. The smallest absolute Gasteiger partial charge is 0.210 e.